The molecule has 1 atom stereocenters. The number of aromatic amines is 1. The van der Waals surface area contributed by atoms with Crippen LogP contribution in [-0.4, -0.2) is 27.1 Å². The van der Waals surface area contributed by atoms with E-state index in [1.807, 2.05) is 25.1 Å². The Morgan fingerprint density at radius 3 is 2.81 bits per heavy atom. The van der Waals surface area contributed by atoms with Crippen molar-refractivity contribution in [3.8, 4) is 0 Å². The first kappa shape index (κ1) is 13.6. The maximum Gasteiger partial charge on any atom is 0.354 e. The average molecular weight is 283 g/mol. The number of nitrogens with two attached hydrogens (primary N) is 1. The van der Waals surface area contributed by atoms with E-state index < -0.39 is 5.97 Å². The normalized spacial score (nSPS) is 12.9. The Morgan fingerprint density at radius 1 is 1.38 bits per heavy atom. The van der Waals surface area contributed by atoms with E-state index in [1.165, 1.54) is 0 Å². The van der Waals surface area contributed by atoms with Crippen LogP contribution in [0.5, 0.6) is 0 Å². The molecule has 0 radical (unpaired) electrons. The van der Waals surface area contributed by atoms with Crippen LogP contribution in [0.3, 0.4) is 0 Å². The predicted molar refractivity (Wildman–Crippen MR) is 82.6 cm³/mol. The molecule has 3 rings (SSSR count). The van der Waals surface area contributed by atoms with Gasteiger partial charge in [0.25, 0.3) is 0 Å². The summed E-state index contributed by atoms with van der Waals surface area (Å²) < 4.78 is 0. The number of aromatic nitrogens is 2. The minimum Gasteiger partial charge on any atom is -0.477 e. The van der Waals surface area contributed by atoms with Crippen molar-refractivity contribution < 1.29 is 9.90 Å². The highest BCUT2D eigenvalue weighted by molar-refractivity contribution is 6.12. The number of hydrogen-bond acceptors (Lipinski definition) is 3. The van der Waals surface area contributed by atoms with Crippen LogP contribution in [0, 0.1) is 6.92 Å². The van der Waals surface area contributed by atoms with E-state index in [2.05, 4.69) is 9.97 Å². The zero-order chi connectivity index (χ0) is 15.1. The molecular weight excluding hydrogens is 266 g/mol. The number of nitrogens with zero attached hydrogens (tertiary/aromatic N) is 1. The van der Waals surface area contributed by atoms with Gasteiger partial charge in [-0.3, -0.25) is 0 Å². The molecule has 0 saturated carbocycles. The lowest BCUT2D eigenvalue weighted by Crippen LogP contribution is -2.17. The zero-order valence-electron chi connectivity index (χ0n) is 12.0. The maximum absolute atomic E-state index is 11.3. The summed E-state index contributed by atoms with van der Waals surface area (Å²) in [5.74, 6) is -1.01. The van der Waals surface area contributed by atoms with E-state index in [1.54, 1.807) is 13.1 Å². The van der Waals surface area contributed by atoms with Crippen LogP contribution in [0.2, 0.25) is 0 Å². The van der Waals surface area contributed by atoms with Crippen LogP contribution in [0.15, 0.2) is 24.4 Å². The molecule has 0 amide bonds. The quantitative estimate of drug-likeness (QED) is 0.689. The molecule has 0 aliphatic carbocycles. The monoisotopic (exact) mass is 283 g/mol. The van der Waals surface area contributed by atoms with Crippen molar-refractivity contribution in [1.82, 2.24) is 9.97 Å². The molecule has 0 fully saturated rings. The van der Waals surface area contributed by atoms with Crippen molar-refractivity contribution in [3.63, 3.8) is 0 Å². The number of carboxylic acid groups (broad SMARTS) is 1. The van der Waals surface area contributed by atoms with Crippen molar-refractivity contribution in [2.24, 2.45) is 5.73 Å². The topological polar surface area (TPSA) is 92.0 Å². The van der Waals surface area contributed by atoms with Crippen molar-refractivity contribution >= 4 is 27.8 Å². The Bertz CT molecular complexity index is 849. The molecule has 21 heavy (non-hydrogen) atoms. The van der Waals surface area contributed by atoms with E-state index in [0.29, 0.717) is 5.56 Å². The summed E-state index contributed by atoms with van der Waals surface area (Å²) in [5, 5.41) is 11.2. The van der Waals surface area contributed by atoms with Crippen LogP contribution < -0.4 is 5.73 Å². The molecule has 0 aliphatic heterocycles. The summed E-state index contributed by atoms with van der Waals surface area (Å²) >= 11 is 0. The third-order valence-electron chi connectivity index (χ3n) is 3.74. The summed E-state index contributed by atoms with van der Waals surface area (Å²) in [6.07, 6.45) is 2.33. The van der Waals surface area contributed by atoms with Gasteiger partial charge in [0, 0.05) is 22.3 Å². The molecule has 5 nitrogen and oxygen atoms in total. The minimum absolute atomic E-state index is 0.0432. The number of carboxylic acids is 1. The van der Waals surface area contributed by atoms with Gasteiger partial charge in [0.1, 0.15) is 0 Å². The molecule has 0 bridgehead atoms. The van der Waals surface area contributed by atoms with E-state index in [4.69, 9.17) is 5.73 Å². The maximum atomic E-state index is 11.3. The number of nitrogens with one attached hydrogen (secondary N) is 1. The third kappa shape index (κ3) is 2.15. The van der Waals surface area contributed by atoms with Crippen molar-refractivity contribution in [3.05, 3.63) is 41.2 Å². The lowest BCUT2D eigenvalue weighted by molar-refractivity contribution is 0.0690. The average Bonchev–Trinajstić information content (AvgIpc) is 2.78. The van der Waals surface area contributed by atoms with E-state index in [9.17, 15) is 9.90 Å². The van der Waals surface area contributed by atoms with E-state index >= 15 is 0 Å². The van der Waals surface area contributed by atoms with E-state index in [-0.39, 0.29) is 11.7 Å². The molecule has 1 unspecified atom stereocenters. The molecule has 3 aromatic rings. The summed E-state index contributed by atoms with van der Waals surface area (Å²) in [6, 6.07) is 6.05. The molecule has 0 aliphatic rings. The summed E-state index contributed by atoms with van der Waals surface area (Å²) in [5.41, 5.74) is 9.67. The number of pyridine rings is 1. The van der Waals surface area contributed by atoms with Crippen LogP contribution >= 0.6 is 0 Å². The first-order valence-electron chi connectivity index (χ1n) is 6.86. The van der Waals surface area contributed by atoms with Gasteiger partial charge in [0.15, 0.2) is 5.69 Å². The fourth-order valence-corrected chi connectivity index (χ4v) is 2.91. The van der Waals surface area contributed by atoms with Crippen LogP contribution in [0.4, 0.5) is 0 Å². The van der Waals surface area contributed by atoms with Crippen molar-refractivity contribution in [1.29, 1.82) is 0 Å². The van der Waals surface area contributed by atoms with Crippen LogP contribution in [0.25, 0.3) is 21.8 Å². The molecule has 2 heterocycles. The van der Waals surface area contributed by atoms with E-state index in [0.717, 1.165) is 33.8 Å². The highest BCUT2D eigenvalue weighted by atomic mass is 16.4. The van der Waals surface area contributed by atoms with Gasteiger partial charge in [-0.25, -0.2) is 9.78 Å². The minimum atomic E-state index is -1.01. The van der Waals surface area contributed by atoms with Crippen LogP contribution in [-0.2, 0) is 6.42 Å². The second-order valence-electron chi connectivity index (χ2n) is 5.47. The highest BCUT2D eigenvalue weighted by Crippen LogP contribution is 2.32. The van der Waals surface area contributed by atoms with Gasteiger partial charge in [0.05, 0.1) is 11.7 Å². The van der Waals surface area contributed by atoms with Crippen LogP contribution in [0.1, 0.15) is 28.5 Å². The lowest BCUT2D eigenvalue weighted by Gasteiger charge is -2.08. The molecule has 5 heteroatoms. The number of H-pyrrole nitrogens is 1. The number of fused-ring (bicyclic) bond motifs is 3. The molecule has 108 valence electrons. The first-order chi connectivity index (χ1) is 9.99. The number of aryl methyl sites for hydroxylation is 1. The number of benzene rings is 1. The van der Waals surface area contributed by atoms with Gasteiger partial charge < -0.3 is 15.8 Å². The van der Waals surface area contributed by atoms with Gasteiger partial charge in [-0.15, -0.1) is 0 Å². The number of rotatable bonds is 3. The largest absolute Gasteiger partial charge is 0.477 e. The first-order valence-corrected chi connectivity index (χ1v) is 6.86. The van der Waals surface area contributed by atoms with Gasteiger partial charge in [-0.05, 0) is 37.5 Å². The molecular formula is C16H17N3O2. The number of hydrogen-bond donors (Lipinski definition) is 3. The van der Waals surface area contributed by atoms with Crippen molar-refractivity contribution in [2.75, 3.05) is 0 Å². The van der Waals surface area contributed by atoms with Crippen molar-refractivity contribution in [2.45, 2.75) is 26.3 Å². The molecule has 4 N–H and O–H groups in total. The van der Waals surface area contributed by atoms with Gasteiger partial charge in [0.2, 0.25) is 0 Å². The molecule has 0 saturated heterocycles. The fourth-order valence-electron chi connectivity index (χ4n) is 2.91. The Hall–Kier alpha value is -2.40. The number of aromatic carboxylic acids is 1. The Morgan fingerprint density at radius 2 is 2.14 bits per heavy atom. The summed E-state index contributed by atoms with van der Waals surface area (Å²) in [6.45, 7) is 3.76. The smallest absolute Gasteiger partial charge is 0.354 e. The fraction of sp³-hybridized carbons (Fsp3) is 0.250. The Labute approximate surface area is 121 Å². The molecule has 2 aromatic heterocycles. The highest BCUT2D eigenvalue weighted by Gasteiger charge is 2.17. The Balaban J connectivity index is 2.41. The lowest BCUT2D eigenvalue weighted by atomic mass is 9.98. The van der Waals surface area contributed by atoms with Gasteiger partial charge >= 0.3 is 5.97 Å². The SMILES string of the molecule is Cc1c(C(=O)O)ncc2[nH]c3cccc(CC(C)N)c3c12. The zero-order valence-corrected chi connectivity index (χ0v) is 12.0. The molecule has 1 aromatic carbocycles. The predicted octanol–water partition coefficient (Wildman–Crippen LogP) is 2.61. The Kier molecular flexibility index (Phi) is 3.14. The van der Waals surface area contributed by atoms with Gasteiger partial charge in [-0.2, -0.15) is 0 Å². The summed E-state index contributed by atoms with van der Waals surface area (Å²) in [4.78, 5) is 18.6. The third-order valence-corrected chi connectivity index (χ3v) is 3.74. The van der Waals surface area contributed by atoms with Gasteiger partial charge in [-0.1, -0.05) is 12.1 Å². The summed E-state index contributed by atoms with van der Waals surface area (Å²) in [7, 11) is 0. The second kappa shape index (κ2) is 4.86. The second-order valence-corrected chi connectivity index (χ2v) is 5.47. The standard InChI is InChI=1S/C16H17N3O2/c1-8(17)6-10-4-3-5-11-14(10)13-9(2)15(16(20)21)18-7-12(13)19-11/h3-5,7-8,19H,6,17H2,1-2H3,(H,20,21). The molecule has 0 spiro atoms. The number of carbonyl (C=O) groups is 1.